The Morgan fingerprint density at radius 1 is 1.15 bits per heavy atom. The maximum atomic E-state index is 12.6. The summed E-state index contributed by atoms with van der Waals surface area (Å²) in [7, 11) is 2.85. The van der Waals surface area contributed by atoms with E-state index in [0.717, 1.165) is 5.56 Å². The van der Waals surface area contributed by atoms with Gasteiger partial charge in [-0.1, -0.05) is 18.2 Å². The fourth-order valence-electron chi connectivity index (χ4n) is 3.03. The molecule has 2 rings (SSSR count). The van der Waals surface area contributed by atoms with Crippen molar-refractivity contribution < 1.29 is 28.5 Å². The van der Waals surface area contributed by atoms with Gasteiger partial charge in [0.05, 0.1) is 20.8 Å². The van der Waals surface area contributed by atoms with E-state index >= 15 is 0 Å². The van der Waals surface area contributed by atoms with Crippen LogP contribution in [-0.2, 0) is 27.3 Å². The zero-order valence-corrected chi connectivity index (χ0v) is 19.6. The topological polar surface area (TPSA) is 107 Å². The van der Waals surface area contributed by atoms with Crippen LogP contribution in [0.25, 0.3) is 6.08 Å². The van der Waals surface area contributed by atoms with Crippen molar-refractivity contribution in [3.63, 3.8) is 0 Å². The van der Waals surface area contributed by atoms with Crippen molar-refractivity contribution in [1.29, 1.82) is 5.26 Å². The van der Waals surface area contributed by atoms with Crippen molar-refractivity contribution in [2.75, 3.05) is 27.4 Å². The first-order valence-electron chi connectivity index (χ1n) is 10.6. The Bertz CT molecular complexity index is 1080. The van der Waals surface area contributed by atoms with Crippen LogP contribution < -0.4 is 19.5 Å². The maximum Gasteiger partial charge on any atom is 0.343 e. The summed E-state index contributed by atoms with van der Waals surface area (Å²) in [5.74, 6) is 0.440. The molecular formula is C26H28N2O6. The van der Waals surface area contributed by atoms with Crippen LogP contribution in [0.3, 0.4) is 0 Å². The third kappa shape index (κ3) is 7.41. The molecule has 8 heteroatoms. The monoisotopic (exact) mass is 464 g/mol. The molecule has 0 spiro atoms. The Labute approximate surface area is 199 Å². The van der Waals surface area contributed by atoms with Crippen molar-refractivity contribution in [2.24, 2.45) is 0 Å². The number of carbonyl (C=O) groups excluding carboxylic acids is 2. The Morgan fingerprint density at radius 2 is 1.88 bits per heavy atom. The summed E-state index contributed by atoms with van der Waals surface area (Å²) in [4.78, 5) is 24.2. The summed E-state index contributed by atoms with van der Waals surface area (Å²) in [5.41, 5.74) is 2.06. The number of nitriles is 1. The molecule has 0 bridgehead atoms. The summed E-state index contributed by atoms with van der Waals surface area (Å²) >= 11 is 0. The number of carbonyl (C=O) groups is 2. The molecule has 0 aromatic heterocycles. The van der Waals surface area contributed by atoms with Crippen LogP contribution in [0.15, 0.2) is 54.6 Å². The van der Waals surface area contributed by atoms with Gasteiger partial charge in [-0.05, 0) is 54.8 Å². The molecule has 0 heterocycles. The number of nitrogens with zero attached hydrogens (tertiary/aromatic N) is 1. The van der Waals surface area contributed by atoms with E-state index < -0.39 is 11.9 Å². The van der Waals surface area contributed by atoms with Crippen LogP contribution in [0.4, 0.5) is 0 Å². The van der Waals surface area contributed by atoms with Crippen LogP contribution in [0.5, 0.6) is 17.2 Å². The van der Waals surface area contributed by atoms with Crippen molar-refractivity contribution in [1.82, 2.24) is 5.32 Å². The van der Waals surface area contributed by atoms with Crippen molar-refractivity contribution in [2.45, 2.75) is 19.9 Å². The van der Waals surface area contributed by atoms with E-state index in [9.17, 15) is 14.9 Å². The average Bonchev–Trinajstić information content (AvgIpc) is 2.85. The molecule has 1 amide bonds. The van der Waals surface area contributed by atoms with E-state index in [1.807, 2.05) is 25.1 Å². The molecule has 178 valence electrons. The number of allylic oxidation sites excluding steroid dienone is 1. The van der Waals surface area contributed by atoms with E-state index in [1.54, 1.807) is 37.5 Å². The minimum absolute atomic E-state index is 0.0660. The van der Waals surface area contributed by atoms with Crippen LogP contribution in [0.2, 0.25) is 0 Å². The summed E-state index contributed by atoms with van der Waals surface area (Å²) in [6.45, 7) is 5.89. The van der Waals surface area contributed by atoms with Crippen LogP contribution in [0, 0.1) is 11.3 Å². The zero-order valence-electron chi connectivity index (χ0n) is 19.6. The van der Waals surface area contributed by atoms with Crippen molar-refractivity contribution >= 4 is 18.0 Å². The predicted octanol–water partition coefficient (Wildman–Crippen LogP) is 3.60. The molecule has 34 heavy (non-hydrogen) atoms. The fraction of sp³-hybridized carbons (Fsp3) is 0.269. The predicted molar refractivity (Wildman–Crippen MR) is 127 cm³/mol. The Morgan fingerprint density at radius 3 is 2.47 bits per heavy atom. The first kappa shape index (κ1) is 26.0. The van der Waals surface area contributed by atoms with Gasteiger partial charge in [-0.3, -0.25) is 4.79 Å². The molecule has 2 aromatic carbocycles. The maximum absolute atomic E-state index is 12.6. The van der Waals surface area contributed by atoms with Gasteiger partial charge in [-0.15, -0.1) is 6.58 Å². The number of methoxy groups -OCH3 is 2. The zero-order chi connectivity index (χ0) is 24.9. The molecule has 0 saturated carbocycles. The molecule has 0 aliphatic heterocycles. The van der Waals surface area contributed by atoms with Gasteiger partial charge in [0.25, 0.3) is 5.91 Å². The number of benzene rings is 2. The second-order valence-corrected chi connectivity index (χ2v) is 7.00. The number of ether oxygens (including phenoxy) is 4. The van der Waals surface area contributed by atoms with Gasteiger partial charge < -0.3 is 24.3 Å². The van der Waals surface area contributed by atoms with Crippen LogP contribution in [-0.4, -0.2) is 39.3 Å². The minimum atomic E-state index is -0.531. The number of rotatable bonds is 12. The Kier molecular flexibility index (Phi) is 10.2. The molecule has 0 aliphatic carbocycles. The molecule has 0 unspecified atom stereocenters. The molecule has 8 nitrogen and oxygen atoms in total. The van der Waals surface area contributed by atoms with Gasteiger partial charge in [0.1, 0.15) is 17.4 Å². The standard InChI is InChI=1S/C26H28N2O6/c1-5-7-20-12-19(14-23(33-6-2)25(20)34-17-24(29)32-4)13-21(15-27)26(30)28-16-18-8-10-22(31-3)11-9-18/h5,8-14H,1,6-7,16-17H2,2-4H3,(H,28,30)/b21-13-. The SMILES string of the molecule is C=CCc1cc(/C=C(/C#N)C(=O)NCc2ccc(OC)cc2)cc(OCC)c1OCC(=O)OC. The lowest BCUT2D eigenvalue weighted by Gasteiger charge is -2.16. The quantitative estimate of drug-likeness (QED) is 0.221. The van der Waals surface area contributed by atoms with Gasteiger partial charge in [-0.2, -0.15) is 5.26 Å². The highest BCUT2D eigenvalue weighted by Gasteiger charge is 2.16. The lowest BCUT2D eigenvalue weighted by atomic mass is 10.0. The highest BCUT2D eigenvalue weighted by atomic mass is 16.6. The lowest BCUT2D eigenvalue weighted by molar-refractivity contribution is -0.142. The molecular weight excluding hydrogens is 436 g/mol. The smallest absolute Gasteiger partial charge is 0.343 e. The summed E-state index contributed by atoms with van der Waals surface area (Å²) in [6, 6.07) is 12.6. The minimum Gasteiger partial charge on any atom is -0.497 e. The Hall–Kier alpha value is -4.25. The van der Waals surface area contributed by atoms with E-state index in [0.29, 0.717) is 41.4 Å². The van der Waals surface area contributed by atoms with Crippen molar-refractivity contribution in [3.05, 3.63) is 71.3 Å². The highest BCUT2D eigenvalue weighted by molar-refractivity contribution is 6.01. The molecule has 0 saturated heterocycles. The van der Waals surface area contributed by atoms with Gasteiger partial charge in [-0.25, -0.2) is 4.79 Å². The largest absolute Gasteiger partial charge is 0.497 e. The molecule has 2 aromatic rings. The van der Waals surface area contributed by atoms with E-state index in [2.05, 4.69) is 16.6 Å². The third-order valence-electron chi connectivity index (χ3n) is 4.67. The van der Waals surface area contributed by atoms with Gasteiger partial charge in [0.15, 0.2) is 18.1 Å². The number of esters is 1. The van der Waals surface area contributed by atoms with Gasteiger partial charge >= 0.3 is 5.97 Å². The van der Waals surface area contributed by atoms with Gasteiger partial charge in [0, 0.05) is 12.1 Å². The molecule has 0 aliphatic rings. The highest BCUT2D eigenvalue weighted by Crippen LogP contribution is 2.34. The number of amides is 1. The van der Waals surface area contributed by atoms with E-state index in [-0.39, 0.29) is 18.7 Å². The second kappa shape index (κ2) is 13.3. The van der Waals surface area contributed by atoms with Crippen LogP contribution in [0.1, 0.15) is 23.6 Å². The number of nitrogens with one attached hydrogen (secondary N) is 1. The van der Waals surface area contributed by atoms with Gasteiger partial charge in [0.2, 0.25) is 0 Å². The molecule has 0 atom stereocenters. The van der Waals surface area contributed by atoms with E-state index in [4.69, 9.17) is 14.2 Å². The van der Waals surface area contributed by atoms with Crippen LogP contribution >= 0.6 is 0 Å². The Balaban J connectivity index is 2.29. The van der Waals surface area contributed by atoms with Crippen molar-refractivity contribution in [3.8, 4) is 23.3 Å². The first-order chi connectivity index (χ1) is 16.4. The molecule has 0 fully saturated rings. The average molecular weight is 465 g/mol. The number of hydrogen-bond donors (Lipinski definition) is 1. The fourth-order valence-corrected chi connectivity index (χ4v) is 3.03. The third-order valence-corrected chi connectivity index (χ3v) is 4.67. The first-order valence-corrected chi connectivity index (χ1v) is 10.6. The molecule has 1 N–H and O–H groups in total. The van der Waals surface area contributed by atoms with E-state index in [1.165, 1.54) is 13.2 Å². The summed E-state index contributed by atoms with van der Waals surface area (Å²) < 4.78 is 21.1. The summed E-state index contributed by atoms with van der Waals surface area (Å²) in [5, 5.41) is 12.3. The molecule has 0 radical (unpaired) electrons. The number of hydrogen-bond acceptors (Lipinski definition) is 7. The summed E-state index contributed by atoms with van der Waals surface area (Å²) in [6.07, 6.45) is 3.57. The lowest BCUT2D eigenvalue weighted by Crippen LogP contribution is -2.23. The second-order valence-electron chi connectivity index (χ2n) is 7.00. The normalized spacial score (nSPS) is 10.6.